The van der Waals surface area contributed by atoms with Crippen LogP contribution < -0.4 is 0 Å². The lowest BCUT2D eigenvalue weighted by Gasteiger charge is -2.11. The van der Waals surface area contributed by atoms with Crippen molar-refractivity contribution < 1.29 is 17.2 Å². The fraction of sp³-hybridized carbons (Fsp3) is 0.0769. The minimum Gasteiger partial charge on any atom is -0.219 e. The van der Waals surface area contributed by atoms with Gasteiger partial charge in [0.25, 0.3) is 4.04 Å². The van der Waals surface area contributed by atoms with E-state index >= 15 is 0 Å². The smallest absolute Gasteiger partial charge is 0.219 e. The van der Waals surface area contributed by atoms with Gasteiger partial charge in [-0.1, -0.05) is 23.7 Å². The van der Waals surface area contributed by atoms with Crippen molar-refractivity contribution in [3.8, 4) is 0 Å². The van der Waals surface area contributed by atoms with Gasteiger partial charge in [-0.25, -0.2) is 17.2 Å². The Morgan fingerprint density at radius 3 is 1.75 bits per heavy atom. The monoisotopic (exact) mass is 380 g/mol. The molecule has 20 heavy (non-hydrogen) atoms. The Morgan fingerprint density at radius 1 is 0.950 bits per heavy atom. The van der Waals surface area contributed by atoms with Crippen molar-refractivity contribution in [1.82, 2.24) is 0 Å². The van der Waals surface area contributed by atoms with Crippen LogP contribution in [0.2, 0.25) is 0 Å². The van der Waals surface area contributed by atoms with E-state index < -0.39 is 19.7 Å². The lowest BCUT2D eigenvalue weighted by molar-refractivity contribution is 0.425. The van der Waals surface area contributed by atoms with Crippen molar-refractivity contribution in [2.24, 2.45) is 0 Å². The van der Waals surface area contributed by atoms with Crippen LogP contribution in [0, 0.1) is 5.82 Å². The summed E-state index contributed by atoms with van der Waals surface area (Å²) < 4.78 is 48.5. The zero-order valence-electron chi connectivity index (χ0n) is 9.86. The number of halogens is 4. The number of rotatable bonds is 3. The van der Waals surface area contributed by atoms with E-state index in [4.69, 9.17) is 11.6 Å². The maximum atomic E-state index is 13.4. The average molecular weight is 382 g/mol. The van der Waals surface area contributed by atoms with Gasteiger partial charge in [0.05, 0.1) is 9.79 Å². The van der Waals surface area contributed by atoms with Crippen molar-refractivity contribution in [2.75, 3.05) is 0 Å². The second-order valence-corrected chi connectivity index (χ2v) is 8.00. The van der Waals surface area contributed by atoms with Crippen molar-refractivity contribution >= 4 is 37.4 Å². The van der Waals surface area contributed by atoms with E-state index in [1.807, 2.05) is 0 Å². The maximum absolute atomic E-state index is 13.4. The van der Waals surface area contributed by atoms with E-state index in [-0.39, 0.29) is 15.4 Å². The summed E-state index contributed by atoms with van der Waals surface area (Å²) in [6, 6.07) is 9.47. The standard InChI is InChI=1S/C13H8BrClF2O2S/c14-13(15,17)9-1-5-11(6-2-9)20(18,19)12-7-3-10(16)4-8-12/h1-8H. The van der Waals surface area contributed by atoms with E-state index in [2.05, 4.69) is 15.9 Å². The van der Waals surface area contributed by atoms with Gasteiger partial charge in [-0.2, -0.15) is 0 Å². The quantitative estimate of drug-likeness (QED) is 0.584. The molecule has 1 unspecified atom stereocenters. The van der Waals surface area contributed by atoms with Gasteiger partial charge < -0.3 is 0 Å². The van der Waals surface area contributed by atoms with E-state index in [0.29, 0.717) is 0 Å². The summed E-state index contributed by atoms with van der Waals surface area (Å²) in [6.07, 6.45) is 0. The predicted octanol–water partition coefficient (Wildman–Crippen LogP) is 4.37. The van der Waals surface area contributed by atoms with Crippen LogP contribution >= 0.6 is 27.5 Å². The summed E-state index contributed by atoms with van der Waals surface area (Å²) in [7, 11) is -3.77. The summed E-state index contributed by atoms with van der Waals surface area (Å²) in [5, 5.41) is 0. The van der Waals surface area contributed by atoms with Crippen molar-refractivity contribution in [3.63, 3.8) is 0 Å². The summed E-state index contributed by atoms with van der Waals surface area (Å²) in [4.78, 5) is -0.0656. The molecule has 0 aromatic heterocycles. The van der Waals surface area contributed by atoms with Gasteiger partial charge in [0.2, 0.25) is 9.84 Å². The summed E-state index contributed by atoms with van der Waals surface area (Å²) in [5.74, 6) is -0.525. The predicted molar refractivity (Wildman–Crippen MR) is 75.9 cm³/mol. The summed E-state index contributed by atoms with van der Waals surface area (Å²) in [5.41, 5.74) is 0.0808. The van der Waals surface area contributed by atoms with E-state index in [0.717, 1.165) is 12.1 Å². The number of hydrogen-bond donors (Lipinski definition) is 0. The molecular formula is C13H8BrClF2O2S. The van der Waals surface area contributed by atoms with Crippen LogP contribution in [0.3, 0.4) is 0 Å². The number of hydrogen-bond acceptors (Lipinski definition) is 2. The Hall–Kier alpha value is -0.980. The maximum Gasteiger partial charge on any atom is 0.263 e. The van der Waals surface area contributed by atoms with Crippen LogP contribution in [0.4, 0.5) is 8.78 Å². The Bertz CT molecular complexity index is 708. The van der Waals surface area contributed by atoms with Gasteiger partial charge in [0, 0.05) is 5.56 Å². The fourth-order valence-corrected chi connectivity index (χ4v) is 3.22. The number of alkyl halides is 3. The molecule has 0 radical (unpaired) electrons. The molecule has 0 N–H and O–H groups in total. The van der Waals surface area contributed by atoms with Gasteiger partial charge >= 0.3 is 0 Å². The first-order chi connectivity index (χ1) is 9.21. The van der Waals surface area contributed by atoms with Crippen LogP contribution in [-0.2, 0) is 13.9 Å². The zero-order chi connectivity index (χ0) is 15.0. The first kappa shape index (κ1) is 15.4. The molecule has 106 valence electrons. The third-order valence-corrected chi connectivity index (χ3v) is 5.08. The Kier molecular flexibility index (Phi) is 4.18. The van der Waals surface area contributed by atoms with Gasteiger partial charge in [-0.15, -0.1) is 0 Å². The normalized spacial score (nSPS) is 14.8. The molecule has 2 nitrogen and oxygen atoms in total. The van der Waals surface area contributed by atoms with Crippen LogP contribution in [0.5, 0.6) is 0 Å². The largest absolute Gasteiger partial charge is 0.263 e. The molecule has 0 spiro atoms. The zero-order valence-corrected chi connectivity index (χ0v) is 13.0. The molecule has 2 aromatic carbocycles. The molecular weight excluding hydrogens is 374 g/mol. The van der Waals surface area contributed by atoms with Gasteiger partial charge in [0.1, 0.15) is 5.82 Å². The lowest BCUT2D eigenvalue weighted by atomic mass is 10.2. The molecule has 0 heterocycles. The van der Waals surface area contributed by atoms with Gasteiger partial charge in [0.15, 0.2) is 0 Å². The highest BCUT2D eigenvalue weighted by atomic mass is 79.9. The molecule has 2 aromatic rings. The minimum absolute atomic E-state index is 0.0266. The van der Waals surface area contributed by atoms with Crippen molar-refractivity contribution in [2.45, 2.75) is 13.8 Å². The second-order valence-electron chi connectivity index (χ2n) is 3.98. The fourth-order valence-electron chi connectivity index (χ4n) is 1.57. The number of benzene rings is 2. The van der Waals surface area contributed by atoms with Crippen LogP contribution in [0.1, 0.15) is 5.56 Å². The highest BCUT2D eigenvalue weighted by Gasteiger charge is 2.25. The highest BCUT2D eigenvalue weighted by Crippen LogP contribution is 2.37. The molecule has 0 aliphatic heterocycles. The lowest BCUT2D eigenvalue weighted by Crippen LogP contribution is -2.04. The third-order valence-electron chi connectivity index (χ3n) is 2.62. The molecule has 2 rings (SSSR count). The molecule has 0 amide bonds. The average Bonchev–Trinajstić information content (AvgIpc) is 2.38. The molecule has 0 aliphatic rings. The van der Waals surface area contributed by atoms with E-state index in [1.165, 1.54) is 36.4 Å². The Labute approximate surface area is 128 Å². The van der Waals surface area contributed by atoms with Crippen molar-refractivity contribution in [3.05, 3.63) is 59.9 Å². The first-order valence-electron chi connectivity index (χ1n) is 5.39. The molecule has 0 saturated carbocycles. The SMILES string of the molecule is O=S(=O)(c1ccc(F)cc1)c1ccc(C(F)(Cl)Br)cc1. The molecule has 0 fully saturated rings. The topological polar surface area (TPSA) is 34.1 Å². The Balaban J connectivity index is 2.42. The van der Waals surface area contributed by atoms with Crippen LogP contribution in [-0.4, -0.2) is 8.42 Å². The van der Waals surface area contributed by atoms with Crippen molar-refractivity contribution in [1.29, 1.82) is 0 Å². The summed E-state index contributed by atoms with van der Waals surface area (Å²) >= 11 is 8.04. The molecule has 0 saturated heterocycles. The van der Waals surface area contributed by atoms with Gasteiger partial charge in [-0.3, -0.25) is 0 Å². The second kappa shape index (κ2) is 5.42. The minimum atomic E-state index is -3.77. The Morgan fingerprint density at radius 2 is 1.35 bits per heavy atom. The number of sulfone groups is 1. The van der Waals surface area contributed by atoms with E-state index in [1.54, 1.807) is 0 Å². The van der Waals surface area contributed by atoms with Gasteiger partial charge in [-0.05, 0) is 52.3 Å². The molecule has 0 aliphatic carbocycles. The molecule has 1 atom stereocenters. The van der Waals surface area contributed by atoms with Crippen LogP contribution in [0.25, 0.3) is 0 Å². The highest BCUT2D eigenvalue weighted by molar-refractivity contribution is 9.10. The molecule has 0 bridgehead atoms. The first-order valence-corrected chi connectivity index (χ1v) is 8.04. The molecule has 7 heteroatoms. The van der Waals surface area contributed by atoms with Crippen LogP contribution in [0.15, 0.2) is 58.3 Å². The third kappa shape index (κ3) is 3.19. The summed E-state index contributed by atoms with van der Waals surface area (Å²) in [6.45, 7) is 0. The van der Waals surface area contributed by atoms with E-state index in [9.17, 15) is 17.2 Å².